The average molecular weight is 911 g/mol. The molecule has 0 saturated carbocycles. The van der Waals surface area contributed by atoms with Gasteiger partial charge in [0.2, 0.25) is 35.7 Å². The molecule has 0 radical (unpaired) electrons. The van der Waals surface area contributed by atoms with E-state index in [0.717, 1.165) is 34.5 Å². The van der Waals surface area contributed by atoms with E-state index in [1.807, 2.05) is 115 Å². The number of nitrogens with one attached hydrogen (secondary N) is 6. The van der Waals surface area contributed by atoms with Crippen molar-refractivity contribution in [2.75, 3.05) is 31.9 Å². The quantitative estimate of drug-likeness (QED) is 0.0153. The van der Waals surface area contributed by atoms with E-state index in [-0.39, 0.29) is 28.7 Å². The number of hydrogen-bond donors (Lipinski definition) is 8. The zero-order valence-electron chi connectivity index (χ0n) is 33.9. The van der Waals surface area contributed by atoms with Crippen molar-refractivity contribution in [2.24, 2.45) is 0 Å². The Hall–Kier alpha value is -7.92. The fraction of sp³-hybridized carbons (Fsp3) is 0.0455. The van der Waals surface area contributed by atoms with Crippen molar-refractivity contribution in [3.05, 3.63) is 169 Å². The van der Waals surface area contributed by atoms with Gasteiger partial charge in [-0.25, -0.2) is 5.26 Å². The summed E-state index contributed by atoms with van der Waals surface area (Å²) < 4.78 is 43.6. The van der Waals surface area contributed by atoms with Gasteiger partial charge in [-0.2, -0.15) is 38.3 Å². The molecule has 0 atom stereocenters. The minimum absolute atomic E-state index is 0.137. The van der Waals surface area contributed by atoms with E-state index in [1.165, 1.54) is 18.2 Å². The highest BCUT2D eigenvalue weighted by Gasteiger charge is 2.13. The lowest BCUT2D eigenvalue weighted by molar-refractivity contribution is -0.432. The van der Waals surface area contributed by atoms with Crippen LogP contribution in [0.5, 0.6) is 11.5 Å². The Morgan fingerprint density at radius 3 is 1.35 bits per heavy atom. The summed E-state index contributed by atoms with van der Waals surface area (Å²) in [6.45, 7) is 0.769. The number of hydrogen-bond acceptors (Lipinski definition) is 19. The van der Waals surface area contributed by atoms with Crippen LogP contribution < -0.4 is 36.6 Å². The third-order valence-corrected chi connectivity index (χ3v) is 10.4. The topological polar surface area (TPSA) is 252 Å². The van der Waals surface area contributed by atoms with E-state index in [0.29, 0.717) is 52.8 Å². The maximum Gasteiger partial charge on any atom is 0.294 e. The van der Waals surface area contributed by atoms with Crippen LogP contribution >= 0.6 is 12.0 Å². The van der Waals surface area contributed by atoms with Gasteiger partial charge in [0.05, 0.1) is 16.9 Å². The van der Waals surface area contributed by atoms with E-state index >= 15 is 0 Å². The first-order valence-electron chi connectivity index (χ1n) is 19.6. The van der Waals surface area contributed by atoms with E-state index in [4.69, 9.17) is 9.99 Å². The van der Waals surface area contributed by atoms with Crippen molar-refractivity contribution in [1.82, 2.24) is 29.9 Å². The molecule has 21 heteroatoms. The lowest BCUT2D eigenvalue weighted by Gasteiger charge is -2.13. The molecule has 0 amide bonds. The molecule has 2 aromatic heterocycles. The van der Waals surface area contributed by atoms with Crippen molar-refractivity contribution in [2.45, 2.75) is 22.9 Å². The van der Waals surface area contributed by atoms with Gasteiger partial charge in [-0.05, 0) is 96.1 Å². The molecule has 19 nitrogen and oxygen atoms in total. The van der Waals surface area contributed by atoms with Gasteiger partial charge in [0.1, 0.15) is 11.5 Å². The summed E-state index contributed by atoms with van der Waals surface area (Å²) in [4.78, 5) is 27.6. The molecule has 8 N–H and O–H groups in total. The highest BCUT2D eigenvalue weighted by molar-refractivity contribution is 7.94. The van der Waals surface area contributed by atoms with Crippen molar-refractivity contribution >= 4 is 80.6 Å². The van der Waals surface area contributed by atoms with E-state index in [9.17, 15) is 13.0 Å². The van der Waals surface area contributed by atoms with Gasteiger partial charge in [0.15, 0.2) is 0 Å². The molecule has 0 spiro atoms. The van der Waals surface area contributed by atoms with Gasteiger partial charge < -0.3 is 36.6 Å². The Morgan fingerprint density at radius 2 is 0.892 bits per heavy atom. The molecule has 0 aliphatic carbocycles. The lowest BCUT2D eigenvalue weighted by atomic mass is 10.2. The number of rotatable bonds is 20. The first-order valence-corrected chi connectivity index (χ1v) is 21.7. The van der Waals surface area contributed by atoms with E-state index < -0.39 is 10.1 Å². The maximum atomic E-state index is 11.7. The second-order valence-corrected chi connectivity index (χ2v) is 15.9. The average Bonchev–Trinajstić information content (AvgIpc) is 3.31. The molecule has 8 rings (SSSR count). The highest BCUT2D eigenvalue weighted by Crippen LogP contribution is 2.27. The molecule has 2 heterocycles. The van der Waals surface area contributed by atoms with Gasteiger partial charge >= 0.3 is 0 Å². The summed E-state index contributed by atoms with van der Waals surface area (Å²) in [6.07, 6.45) is 0. The van der Waals surface area contributed by atoms with Crippen LogP contribution in [0.3, 0.4) is 0 Å². The number of para-hydroxylation sites is 2. The van der Waals surface area contributed by atoms with Crippen LogP contribution in [-0.4, -0.2) is 48.1 Å². The Balaban J connectivity index is 0.889. The van der Waals surface area contributed by atoms with Crippen molar-refractivity contribution in [3.63, 3.8) is 0 Å². The monoisotopic (exact) mass is 910 g/mol. The number of ether oxygens (including phenoxy) is 1. The van der Waals surface area contributed by atoms with Crippen molar-refractivity contribution in [1.29, 1.82) is 0 Å². The second-order valence-electron chi connectivity index (χ2n) is 13.7. The van der Waals surface area contributed by atoms with Crippen LogP contribution in [0.15, 0.2) is 168 Å². The number of anilines is 10. The Bertz CT molecular complexity index is 2940. The predicted molar refractivity (Wildman–Crippen MR) is 247 cm³/mol. The molecule has 6 aromatic carbocycles. The number of aromatic nitrogens is 6. The fourth-order valence-corrected chi connectivity index (χ4v) is 6.90. The van der Waals surface area contributed by atoms with Gasteiger partial charge in [-0.3, -0.25) is 4.55 Å². The van der Waals surface area contributed by atoms with Gasteiger partial charge in [0.25, 0.3) is 10.1 Å². The molecule has 328 valence electrons. The van der Waals surface area contributed by atoms with Crippen LogP contribution in [0, 0.1) is 0 Å². The highest BCUT2D eigenvalue weighted by atomic mass is 32.2. The summed E-state index contributed by atoms with van der Waals surface area (Å²) in [5.74, 6) is 2.85. The summed E-state index contributed by atoms with van der Waals surface area (Å²) in [5.41, 5.74) is 4.44. The van der Waals surface area contributed by atoms with Gasteiger partial charge in [0, 0.05) is 40.7 Å². The summed E-state index contributed by atoms with van der Waals surface area (Å²) in [5, 5.41) is 31.3. The summed E-state index contributed by atoms with van der Waals surface area (Å²) in [6, 6.07) is 46.9. The minimum Gasteiger partial charge on any atom is -0.457 e. The summed E-state index contributed by atoms with van der Waals surface area (Å²) >= 11 is 0.838. The first-order chi connectivity index (χ1) is 31.7. The van der Waals surface area contributed by atoms with Crippen LogP contribution in [-0.2, 0) is 32.6 Å². The first kappa shape index (κ1) is 43.7. The molecule has 0 fully saturated rings. The number of benzene rings is 6. The third kappa shape index (κ3) is 13.1. The predicted octanol–water partition coefficient (Wildman–Crippen LogP) is 9.72. The fourth-order valence-electron chi connectivity index (χ4n) is 5.96. The molecule has 0 saturated heterocycles. The lowest BCUT2D eigenvalue weighted by Crippen LogP contribution is -2.10. The Kier molecular flexibility index (Phi) is 14.1. The number of nitrogens with zero attached hydrogens (tertiary/aromatic N) is 6. The van der Waals surface area contributed by atoms with Crippen molar-refractivity contribution in [3.8, 4) is 11.5 Å². The maximum absolute atomic E-state index is 11.7. The zero-order valence-corrected chi connectivity index (χ0v) is 35.5. The molecular formula is C44H38N12O7S2. The van der Waals surface area contributed by atoms with Crippen LogP contribution in [0.1, 0.15) is 11.1 Å². The van der Waals surface area contributed by atoms with Crippen LogP contribution in [0.25, 0.3) is 0 Å². The second kappa shape index (κ2) is 21.0. The zero-order chi connectivity index (χ0) is 44.9. The van der Waals surface area contributed by atoms with E-state index in [1.54, 1.807) is 24.3 Å². The van der Waals surface area contributed by atoms with Gasteiger partial charge in [-0.15, -0.1) is 4.33 Å². The Labute approximate surface area is 376 Å². The Morgan fingerprint density at radius 1 is 0.477 bits per heavy atom. The smallest absolute Gasteiger partial charge is 0.294 e. The SMILES string of the molecule is O=S(=O)(O)c1cccc(Nc2nc(NCc3ccc(Oc4ccc(CNc5nc(Nc6ccccc6)nc(Nc6cccc(SOOO)c6)n5)cc4)cc3)nc(Nc3ccccc3)n2)c1. The van der Waals surface area contributed by atoms with Crippen LogP contribution in [0.4, 0.5) is 58.4 Å². The molecule has 0 aliphatic rings. The molecule has 0 aliphatic heterocycles. The molecule has 65 heavy (non-hydrogen) atoms. The van der Waals surface area contributed by atoms with Crippen molar-refractivity contribution < 1.29 is 32.3 Å². The van der Waals surface area contributed by atoms with Crippen LogP contribution in [0.2, 0.25) is 0 Å². The minimum atomic E-state index is -4.41. The molecule has 0 bridgehead atoms. The van der Waals surface area contributed by atoms with Gasteiger partial charge in [-0.1, -0.05) is 77.8 Å². The molecule has 8 aromatic rings. The molecular weight excluding hydrogens is 873 g/mol. The molecule has 0 unspecified atom stereocenters. The normalized spacial score (nSPS) is 11.0. The van der Waals surface area contributed by atoms with E-state index in [2.05, 4.69) is 71.2 Å². The standard InChI is InChI=1S/C44H38N12O7S2/c57-62-63-64-37-15-7-13-33(25-37)49-43-53-39(51-41(55-43)47-31-9-3-1-4-10-31)45-27-29-17-21-35(22-18-29)61-36-23-19-30(20-24-36)28-46-40-52-42(48-32-11-5-2-6-12-32)56-44(54-40)50-34-14-8-16-38(26-34)65(58,59)60/h1-26,57H,27-28H2,(H,58,59,60)(H3,45,47,49,51,53,55)(H3,46,48,50,52,54,56). The summed E-state index contributed by atoms with van der Waals surface area (Å²) in [7, 11) is -4.41. The largest absolute Gasteiger partial charge is 0.457 e. The third-order valence-electron chi connectivity index (χ3n) is 8.95.